The molecular formula is C19H21N3O7S. The highest BCUT2D eigenvalue weighted by molar-refractivity contribution is 7.89. The normalized spacial score (nSPS) is 17.2. The van der Waals surface area contributed by atoms with E-state index >= 15 is 0 Å². The van der Waals surface area contributed by atoms with Crippen molar-refractivity contribution in [2.75, 3.05) is 44.8 Å². The number of nitrogens with zero attached hydrogens (tertiary/aromatic N) is 2. The highest BCUT2D eigenvalue weighted by Gasteiger charge is 2.29. The van der Waals surface area contributed by atoms with Crippen LogP contribution in [-0.4, -0.2) is 57.2 Å². The number of hydrogen-bond donors (Lipinski definition) is 1. The maximum absolute atomic E-state index is 12.8. The van der Waals surface area contributed by atoms with Crippen molar-refractivity contribution in [3.8, 4) is 11.5 Å². The van der Waals surface area contributed by atoms with E-state index in [4.69, 9.17) is 14.2 Å². The molecule has 160 valence electrons. The minimum absolute atomic E-state index is 0.125. The predicted octanol–water partition coefficient (Wildman–Crippen LogP) is 2.52. The van der Waals surface area contributed by atoms with Crippen LogP contribution in [-0.2, 0) is 14.8 Å². The number of ether oxygens (including phenoxy) is 3. The number of rotatable bonds is 5. The molecule has 0 unspecified atom stereocenters. The molecule has 2 aromatic rings. The van der Waals surface area contributed by atoms with Gasteiger partial charge in [0.25, 0.3) is 5.69 Å². The molecule has 1 fully saturated rings. The summed E-state index contributed by atoms with van der Waals surface area (Å²) in [5.74, 6) is 1.16. The van der Waals surface area contributed by atoms with Crippen LogP contribution in [0.2, 0.25) is 0 Å². The molecule has 0 aromatic heterocycles. The lowest BCUT2D eigenvalue weighted by Crippen LogP contribution is -2.40. The maximum Gasteiger partial charge on any atom is 0.294 e. The second-order valence-electron chi connectivity index (χ2n) is 6.79. The van der Waals surface area contributed by atoms with Gasteiger partial charge >= 0.3 is 0 Å². The summed E-state index contributed by atoms with van der Waals surface area (Å²) in [7, 11) is -3.84. The van der Waals surface area contributed by atoms with Crippen molar-refractivity contribution in [3.63, 3.8) is 0 Å². The third-order valence-corrected chi connectivity index (χ3v) is 6.69. The van der Waals surface area contributed by atoms with E-state index in [9.17, 15) is 18.5 Å². The predicted molar refractivity (Wildman–Crippen MR) is 108 cm³/mol. The number of nitrogens with one attached hydrogen (secondary N) is 1. The number of sulfonamides is 1. The van der Waals surface area contributed by atoms with E-state index in [1.54, 1.807) is 18.2 Å². The van der Waals surface area contributed by atoms with Gasteiger partial charge < -0.3 is 19.5 Å². The number of morpholine rings is 1. The van der Waals surface area contributed by atoms with Crippen molar-refractivity contribution < 1.29 is 27.6 Å². The fourth-order valence-corrected chi connectivity index (χ4v) is 4.69. The summed E-state index contributed by atoms with van der Waals surface area (Å²) in [6, 6.07) is 8.98. The molecule has 11 heteroatoms. The van der Waals surface area contributed by atoms with Gasteiger partial charge in [-0.05, 0) is 24.3 Å². The van der Waals surface area contributed by atoms with E-state index in [1.807, 2.05) is 0 Å². The molecule has 1 N–H and O–H groups in total. The summed E-state index contributed by atoms with van der Waals surface area (Å²) < 4.78 is 43.3. The number of hydrogen-bond acceptors (Lipinski definition) is 8. The van der Waals surface area contributed by atoms with Gasteiger partial charge in [0.05, 0.1) is 36.2 Å². The molecule has 2 heterocycles. The standard InChI is InChI=1S/C19H21N3O7S/c23-22(24)17-13-15(30(25,26)21-6-10-27-11-7-21)3-4-16(17)20-14-2-5-18-19(12-14)29-9-1-8-28-18/h2-5,12-13,20H,1,6-11H2. The Hall–Kier alpha value is -2.89. The minimum atomic E-state index is -3.84. The lowest BCUT2D eigenvalue weighted by molar-refractivity contribution is -0.384. The van der Waals surface area contributed by atoms with Gasteiger partial charge in [-0.15, -0.1) is 0 Å². The Labute approximate surface area is 173 Å². The van der Waals surface area contributed by atoms with Crippen LogP contribution >= 0.6 is 0 Å². The van der Waals surface area contributed by atoms with E-state index in [0.29, 0.717) is 43.6 Å². The molecule has 0 radical (unpaired) electrons. The van der Waals surface area contributed by atoms with Gasteiger partial charge in [0.1, 0.15) is 5.69 Å². The Kier molecular flexibility index (Phi) is 5.75. The fraction of sp³-hybridized carbons (Fsp3) is 0.368. The Morgan fingerprint density at radius 2 is 1.70 bits per heavy atom. The van der Waals surface area contributed by atoms with Crippen LogP contribution in [0.15, 0.2) is 41.3 Å². The lowest BCUT2D eigenvalue weighted by Gasteiger charge is -2.26. The van der Waals surface area contributed by atoms with Crippen LogP contribution in [0.3, 0.4) is 0 Å². The molecule has 0 spiro atoms. The monoisotopic (exact) mass is 435 g/mol. The smallest absolute Gasteiger partial charge is 0.294 e. The molecule has 0 saturated carbocycles. The van der Waals surface area contributed by atoms with Gasteiger partial charge in [-0.1, -0.05) is 0 Å². The molecule has 0 atom stereocenters. The number of nitro benzene ring substituents is 1. The summed E-state index contributed by atoms with van der Waals surface area (Å²) in [6.07, 6.45) is 0.766. The van der Waals surface area contributed by atoms with Crippen LogP contribution in [0.25, 0.3) is 0 Å². The second kappa shape index (κ2) is 8.46. The summed E-state index contributed by atoms with van der Waals surface area (Å²) >= 11 is 0. The summed E-state index contributed by atoms with van der Waals surface area (Å²) in [4.78, 5) is 10.9. The van der Waals surface area contributed by atoms with Gasteiger partial charge in [-0.3, -0.25) is 10.1 Å². The molecule has 1 saturated heterocycles. The van der Waals surface area contributed by atoms with Crippen LogP contribution in [0.5, 0.6) is 11.5 Å². The van der Waals surface area contributed by atoms with Crippen molar-refractivity contribution in [2.45, 2.75) is 11.3 Å². The summed E-state index contributed by atoms with van der Waals surface area (Å²) in [5.41, 5.74) is 0.401. The highest BCUT2D eigenvalue weighted by Crippen LogP contribution is 2.36. The number of anilines is 2. The third kappa shape index (κ3) is 4.18. The van der Waals surface area contributed by atoms with Gasteiger partial charge in [0.2, 0.25) is 10.0 Å². The highest BCUT2D eigenvalue weighted by atomic mass is 32.2. The molecule has 0 bridgehead atoms. The van der Waals surface area contributed by atoms with E-state index in [0.717, 1.165) is 12.5 Å². The first-order valence-electron chi connectivity index (χ1n) is 9.48. The Balaban J connectivity index is 1.63. The zero-order valence-electron chi connectivity index (χ0n) is 16.1. The second-order valence-corrected chi connectivity index (χ2v) is 8.73. The zero-order valence-corrected chi connectivity index (χ0v) is 16.9. The molecule has 0 amide bonds. The Morgan fingerprint density at radius 3 is 2.43 bits per heavy atom. The minimum Gasteiger partial charge on any atom is -0.490 e. The van der Waals surface area contributed by atoms with Crippen LogP contribution in [0.1, 0.15) is 6.42 Å². The molecule has 0 aliphatic carbocycles. The topological polar surface area (TPSA) is 120 Å². The van der Waals surface area contributed by atoms with Crippen molar-refractivity contribution in [3.05, 3.63) is 46.5 Å². The Morgan fingerprint density at radius 1 is 0.967 bits per heavy atom. The lowest BCUT2D eigenvalue weighted by atomic mass is 10.2. The third-order valence-electron chi connectivity index (χ3n) is 4.80. The Bertz CT molecular complexity index is 1050. The van der Waals surface area contributed by atoms with Crippen molar-refractivity contribution in [1.82, 2.24) is 4.31 Å². The first-order chi connectivity index (χ1) is 14.4. The molecule has 2 aliphatic rings. The number of nitro groups is 1. The average Bonchev–Trinajstić information content (AvgIpc) is 2.99. The summed E-state index contributed by atoms with van der Waals surface area (Å²) in [6.45, 7) is 2.10. The summed E-state index contributed by atoms with van der Waals surface area (Å²) in [5, 5.41) is 14.6. The van der Waals surface area contributed by atoms with Gasteiger partial charge in [-0.2, -0.15) is 4.31 Å². The maximum atomic E-state index is 12.8. The van der Waals surface area contributed by atoms with Gasteiger partial charge in [0.15, 0.2) is 11.5 Å². The van der Waals surface area contributed by atoms with Crippen molar-refractivity contribution in [1.29, 1.82) is 0 Å². The van der Waals surface area contributed by atoms with E-state index in [1.165, 1.54) is 16.4 Å². The van der Waals surface area contributed by atoms with Crippen LogP contribution < -0.4 is 14.8 Å². The molecule has 30 heavy (non-hydrogen) atoms. The largest absolute Gasteiger partial charge is 0.490 e. The molecule has 4 rings (SSSR count). The number of fused-ring (bicyclic) bond motifs is 1. The molecule has 2 aliphatic heterocycles. The molecular weight excluding hydrogens is 414 g/mol. The zero-order chi connectivity index (χ0) is 21.1. The van der Waals surface area contributed by atoms with E-state index < -0.39 is 14.9 Å². The molecule has 2 aromatic carbocycles. The SMILES string of the molecule is O=[N+]([O-])c1cc(S(=O)(=O)N2CCOCC2)ccc1Nc1ccc2c(c1)OCCCO2. The fourth-order valence-electron chi connectivity index (χ4n) is 3.26. The number of benzene rings is 2. The van der Waals surface area contributed by atoms with Gasteiger partial charge in [0, 0.05) is 37.3 Å². The molecule has 10 nitrogen and oxygen atoms in total. The average molecular weight is 435 g/mol. The quantitative estimate of drug-likeness (QED) is 0.562. The van der Waals surface area contributed by atoms with E-state index in [2.05, 4.69) is 5.32 Å². The van der Waals surface area contributed by atoms with Gasteiger partial charge in [-0.25, -0.2) is 8.42 Å². The van der Waals surface area contributed by atoms with Crippen LogP contribution in [0, 0.1) is 10.1 Å². The first kappa shape index (κ1) is 20.4. The first-order valence-corrected chi connectivity index (χ1v) is 10.9. The van der Waals surface area contributed by atoms with Crippen molar-refractivity contribution >= 4 is 27.1 Å². The van der Waals surface area contributed by atoms with E-state index in [-0.39, 0.29) is 29.4 Å². The van der Waals surface area contributed by atoms with Crippen molar-refractivity contribution in [2.24, 2.45) is 0 Å². The van der Waals surface area contributed by atoms with Crippen LogP contribution in [0.4, 0.5) is 17.1 Å².